The monoisotopic (exact) mass is 276 g/mol. The van der Waals surface area contributed by atoms with E-state index in [1.807, 2.05) is 6.92 Å². The van der Waals surface area contributed by atoms with Gasteiger partial charge in [0.1, 0.15) is 11.7 Å². The second kappa shape index (κ2) is 4.06. The van der Waals surface area contributed by atoms with Crippen LogP contribution in [0.15, 0.2) is 24.3 Å². The topological polar surface area (TPSA) is 61.8 Å². The number of carbonyl (C=O) groups excluding carboxylic acids is 2. The van der Waals surface area contributed by atoms with Crippen LogP contribution in [0.3, 0.4) is 0 Å². The second-order valence-corrected chi connectivity index (χ2v) is 5.47. The highest BCUT2D eigenvalue weighted by Crippen LogP contribution is 2.56. The number of ketones is 1. The van der Waals surface area contributed by atoms with Crippen molar-refractivity contribution in [3.63, 3.8) is 0 Å². The molecular formula is C15H16O5. The summed E-state index contributed by atoms with van der Waals surface area (Å²) < 4.78 is 16.1. The van der Waals surface area contributed by atoms with Crippen molar-refractivity contribution in [2.45, 2.75) is 24.5 Å². The second-order valence-electron chi connectivity index (χ2n) is 5.47. The molecule has 20 heavy (non-hydrogen) atoms. The van der Waals surface area contributed by atoms with E-state index in [1.165, 1.54) is 14.2 Å². The van der Waals surface area contributed by atoms with E-state index in [2.05, 4.69) is 0 Å². The fourth-order valence-electron chi connectivity index (χ4n) is 3.38. The van der Waals surface area contributed by atoms with Crippen LogP contribution in [0.25, 0.3) is 0 Å². The van der Waals surface area contributed by atoms with Crippen molar-refractivity contribution < 1.29 is 23.8 Å². The third-order valence-electron chi connectivity index (χ3n) is 4.39. The first-order valence-electron chi connectivity index (χ1n) is 6.44. The van der Waals surface area contributed by atoms with Gasteiger partial charge in [0, 0.05) is 13.5 Å². The molecule has 5 heteroatoms. The quantitative estimate of drug-likeness (QED) is 0.768. The van der Waals surface area contributed by atoms with Gasteiger partial charge in [-0.1, -0.05) is 12.1 Å². The first-order valence-corrected chi connectivity index (χ1v) is 6.44. The van der Waals surface area contributed by atoms with Crippen LogP contribution in [-0.4, -0.2) is 37.2 Å². The number of esters is 1. The Bertz CT molecular complexity index is 596. The maximum atomic E-state index is 12.7. The van der Waals surface area contributed by atoms with Crippen LogP contribution < -0.4 is 4.74 Å². The molecule has 0 N–H and O–H groups in total. The van der Waals surface area contributed by atoms with Crippen molar-refractivity contribution in [2.75, 3.05) is 14.2 Å². The standard InChI is InChI=1S/C15H16O5/c1-14(19-3)8-15(13(17)18-2)12(14)11(16)9-6-4-5-7-10(9)20-15/h4-7,12H,8H2,1-3H3. The molecule has 3 rings (SSSR count). The molecule has 3 unspecified atom stereocenters. The summed E-state index contributed by atoms with van der Waals surface area (Å²) >= 11 is 0. The van der Waals surface area contributed by atoms with Gasteiger partial charge < -0.3 is 14.2 Å². The Hall–Kier alpha value is -1.88. The van der Waals surface area contributed by atoms with Crippen molar-refractivity contribution in [1.29, 1.82) is 0 Å². The molecule has 0 radical (unpaired) electrons. The SMILES string of the molecule is COC(=O)C12CC(C)(OC)C1C(=O)c1ccccc1O2. The van der Waals surface area contributed by atoms with Crippen LogP contribution in [-0.2, 0) is 14.3 Å². The van der Waals surface area contributed by atoms with Crippen LogP contribution in [0.2, 0.25) is 0 Å². The third kappa shape index (κ3) is 1.41. The van der Waals surface area contributed by atoms with E-state index in [4.69, 9.17) is 14.2 Å². The number of Topliss-reactive ketones (excluding diaryl/α,β-unsaturated/α-hetero) is 1. The summed E-state index contributed by atoms with van der Waals surface area (Å²) in [5, 5.41) is 0. The number of carbonyl (C=O) groups is 2. The van der Waals surface area contributed by atoms with Gasteiger partial charge in [-0.05, 0) is 19.1 Å². The van der Waals surface area contributed by atoms with E-state index in [0.717, 1.165) is 0 Å². The summed E-state index contributed by atoms with van der Waals surface area (Å²) in [5.41, 5.74) is -1.48. The maximum absolute atomic E-state index is 12.7. The number of rotatable bonds is 2. The molecule has 0 amide bonds. The maximum Gasteiger partial charge on any atom is 0.351 e. The van der Waals surface area contributed by atoms with Gasteiger partial charge in [-0.15, -0.1) is 0 Å². The Morgan fingerprint density at radius 3 is 2.70 bits per heavy atom. The molecule has 1 heterocycles. The van der Waals surface area contributed by atoms with Crippen LogP contribution in [0.1, 0.15) is 23.7 Å². The number of benzene rings is 1. The largest absolute Gasteiger partial charge is 0.474 e. The minimum absolute atomic E-state index is 0.132. The van der Waals surface area contributed by atoms with Gasteiger partial charge in [0.05, 0.1) is 18.3 Å². The summed E-state index contributed by atoms with van der Waals surface area (Å²) in [5.74, 6) is -0.910. The minimum atomic E-state index is -1.26. The Kier molecular flexibility index (Phi) is 2.66. The Labute approximate surface area is 116 Å². The summed E-state index contributed by atoms with van der Waals surface area (Å²) in [6, 6.07) is 6.93. The van der Waals surface area contributed by atoms with Crippen molar-refractivity contribution in [3.8, 4) is 5.75 Å². The third-order valence-corrected chi connectivity index (χ3v) is 4.39. The predicted octanol–water partition coefficient (Wildman–Crippen LogP) is 1.60. The normalized spacial score (nSPS) is 34.4. The minimum Gasteiger partial charge on any atom is -0.474 e. The van der Waals surface area contributed by atoms with Crippen LogP contribution in [0.4, 0.5) is 0 Å². The number of methoxy groups -OCH3 is 2. The fourth-order valence-corrected chi connectivity index (χ4v) is 3.38. The highest BCUT2D eigenvalue weighted by atomic mass is 16.6. The number of hydrogen-bond acceptors (Lipinski definition) is 5. The van der Waals surface area contributed by atoms with E-state index in [1.54, 1.807) is 24.3 Å². The number of fused-ring (bicyclic) bond motifs is 2. The number of ether oxygens (including phenoxy) is 3. The van der Waals surface area contributed by atoms with Crippen LogP contribution in [0, 0.1) is 5.92 Å². The van der Waals surface area contributed by atoms with Crippen molar-refractivity contribution in [3.05, 3.63) is 29.8 Å². The molecule has 1 saturated carbocycles. The van der Waals surface area contributed by atoms with E-state index in [9.17, 15) is 9.59 Å². The molecule has 1 aromatic carbocycles. The summed E-state index contributed by atoms with van der Waals surface area (Å²) in [6.07, 6.45) is 0.300. The lowest BCUT2D eigenvalue weighted by molar-refractivity contribution is -0.227. The zero-order valence-corrected chi connectivity index (χ0v) is 11.6. The summed E-state index contributed by atoms with van der Waals surface area (Å²) in [6.45, 7) is 1.81. The van der Waals surface area contributed by atoms with Crippen LogP contribution >= 0.6 is 0 Å². The lowest BCUT2D eigenvalue weighted by Gasteiger charge is -2.58. The van der Waals surface area contributed by atoms with Crippen LogP contribution in [0.5, 0.6) is 5.75 Å². The van der Waals surface area contributed by atoms with Gasteiger partial charge in [0.2, 0.25) is 5.60 Å². The molecule has 1 aliphatic heterocycles. The molecule has 5 nitrogen and oxygen atoms in total. The van der Waals surface area contributed by atoms with Gasteiger partial charge in [0.15, 0.2) is 5.78 Å². The molecule has 1 aliphatic carbocycles. The van der Waals surface area contributed by atoms with Gasteiger partial charge in [0.25, 0.3) is 0 Å². The fraction of sp³-hybridized carbons (Fsp3) is 0.467. The van der Waals surface area contributed by atoms with E-state index in [-0.39, 0.29) is 5.78 Å². The molecular weight excluding hydrogens is 260 g/mol. The van der Waals surface area contributed by atoms with Gasteiger partial charge in [-0.25, -0.2) is 4.79 Å². The number of para-hydroxylation sites is 1. The zero-order valence-electron chi connectivity index (χ0n) is 11.6. The van der Waals surface area contributed by atoms with Crippen molar-refractivity contribution >= 4 is 11.8 Å². The molecule has 0 saturated heterocycles. The summed E-state index contributed by atoms with van der Waals surface area (Å²) in [7, 11) is 2.83. The van der Waals surface area contributed by atoms with E-state index in [0.29, 0.717) is 17.7 Å². The van der Waals surface area contributed by atoms with Crippen molar-refractivity contribution in [2.24, 2.45) is 5.92 Å². The van der Waals surface area contributed by atoms with E-state index >= 15 is 0 Å². The molecule has 1 fully saturated rings. The average molecular weight is 276 g/mol. The molecule has 0 spiro atoms. The lowest BCUT2D eigenvalue weighted by Crippen LogP contribution is -2.75. The van der Waals surface area contributed by atoms with Gasteiger partial charge in [-0.2, -0.15) is 0 Å². The highest BCUT2D eigenvalue weighted by Gasteiger charge is 2.73. The smallest absolute Gasteiger partial charge is 0.351 e. The Morgan fingerprint density at radius 2 is 2.05 bits per heavy atom. The first kappa shape index (κ1) is 13.1. The lowest BCUT2D eigenvalue weighted by atomic mass is 9.55. The Morgan fingerprint density at radius 1 is 1.35 bits per heavy atom. The molecule has 106 valence electrons. The molecule has 0 aromatic heterocycles. The highest BCUT2D eigenvalue weighted by molar-refractivity contribution is 6.07. The molecule has 0 bridgehead atoms. The van der Waals surface area contributed by atoms with Gasteiger partial charge >= 0.3 is 5.97 Å². The zero-order chi connectivity index (χ0) is 14.5. The molecule has 2 aliphatic rings. The van der Waals surface area contributed by atoms with E-state index < -0.39 is 23.1 Å². The van der Waals surface area contributed by atoms with Gasteiger partial charge in [-0.3, -0.25) is 4.79 Å². The average Bonchev–Trinajstić information content (AvgIpc) is 2.44. The molecule has 3 atom stereocenters. The Balaban J connectivity index is 2.13. The van der Waals surface area contributed by atoms with Crippen molar-refractivity contribution in [1.82, 2.24) is 0 Å². The molecule has 1 aromatic rings. The summed E-state index contributed by atoms with van der Waals surface area (Å²) in [4.78, 5) is 24.9. The first-order chi connectivity index (χ1) is 9.48. The number of hydrogen-bond donors (Lipinski definition) is 0. The predicted molar refractivity (Wildman–Crippen MR) is 69.7 cm³/mol.